The minimum atomic E-state index is -0.895. The van der Waals surface area contributed by atoms with E-state index >= 15 is 0 Å². The SMILES string of the molecule is N[C@H]1C[C@@H](F)C[C@@H]1c1oc2c(NCc3cccs3)cc(Cl)nc2c1Br. The molecule has 0 saturated heterocycles. The number of aromatic nitrogens is 1. The summed E-state index contributed by atoms with van der Waals surface area (Å²) in [7, 11) is 0. The van der Waals surface area contributed by atoms with Crippen molar-refractivity contribution in [2.45, 2.75) is 37.5 Å². The fourth-order valence-electron chi connectivity index (χ4n) is 3.30. The van der Waals surface area contributed by atoms with Crippen LogP contribution in [0.25, 0.3) is 11.1 Å². The molecule has 0 amide bonds. The number of alkyl halides is 1. The van der Waals surface area contributed by atoms with Crippen molar-refractivity contribution in [3.8, 4) is 0 Å². The maximum atomic E-state index is 13.7. The van der Waals surface area contributed by atoms with E-state index in [1.54, 1.807) is 17.4 Å². The molecule has 1 aliphatic rings. The summed E-state index contributed by atoms with van der Waals surface area (Å²) >= 11 is 11.4. The zero-order chi connectivity index (χ0) is 17.6. The zero-order valence-corrected chi connectivity index (χ0v) is 16.3. The molecular weight excluding hydrogens is 429 g/mol. The van der Waals surface area contributed by atoms with E-state index in [2.05, 4.69) is 32.3 Å². The fourth-order valence-corrected chi connectivity index (χ4v) is 4.78. The number of furan rings is 1. The van der Waals surface area contributed by atoms with E-state index in [1.165, 1.54) is 4.88 Å². The molecule has 3 aromatic rings. The summed E-state index contributed by atoms with van der Waals surface area (Å²) in [6.45, 7) is 0.663. The minimum Gasteiger partial charge on any atom is -0.456 e. The first-order chi connectivity index (χ1) is 12.0. The maximum Gasteiger partial charge on any atom is 0.177 e. The third-order valence-corrected chi connectivity index (χ3v) is 6.34. The summed E-state index contributed by atoms with van der Waals surface area (Å²) in [5.74, 6) is 0.485. The van der Waals surface area contributed by atoms with Crippen molar-refractivity contribution in [2.24, 2.45) is 5.73 Å². The first-order valence-electron chi connectivity index (χ1n) is 7.97. The Bertz CT molecular complexity index is 901. The lowest BCUT2D eigenvalue weighted by atomic mass is 10.0. The molecule has 1 fully saturated rings. The Balaban J connectivity index is 1.73. The number of thiophene rings is 1. The molecule has 0 aromatic carbocycles. The number of fused-ring (bicyclic) bond motifs is 1. The topological polar surface area (TPSA) is 64.1 Å². The molecular formula is C17H16BrClFN3OS. The van der Waals surface area contributed by atoms with Gasteiger partial charge in [-0.05, 0) is 40.2 Å². The second kappa shape index (κ2) is 6.87. The van der Waals surface area contributed by atoms with Crippen LogP contribution in [0.4, 0.5) is 10.1 Å². The van der Waals surface area contributed by atoms with Gasteiger partial charge in [0, 0.05) is 29.4 Å². The quantitative estimate of drug-likeness (QED) is 0.524. The van der Waals surface area contributed by atoms with E-state index in [-0.39, 0.29) is 12.0 Å². The van der Waals surface area contributed by atoms with Gasteiger partial charge in [0.25, 0.3) is 0 Å². The molecule has 0 bridgehead atoms. The molecule has 3 atom stereocenters. The molecule has 8 heteroatoms. The number of nitrogens with zero attached hydrogens (tertiary/aromatic N) is 1. The second-order valence-corrected chi connectivity index (χ2v) is 8.44. The highest BCUT2D eigenvalue weighted by molar-refractivity contribution is 9.10. The van der Waals surface area contributed by atoms with Crippen molar-refractivity contribution in [3.63, 3.8) is 0 Å². The van der Waals surface area contributed by atoms with Crippen molar-refractivity contribution in [1.29, 1.82) is 0 Å². The number of halogens is 3. The lowest BCUT2D eigenvalue weighted by Gasteiger charge is -2.12. The Morgan fingerprint density at radius 1 is 1.48 bits per heavy atom. The van der Waals surface area contributed by atoms with Gasteiger partial charge in [0.15, 0.2) is 5.58 Å². The Hall–Kier alpha value is -1.15. The Kier molecular flexibility index (Phi) is 4.75. The van der Waals surface area contributed by atoms with E-state index in [0.29, 0.717) is 45.9 Å². The summed E-state index contributed by atoms with van der Waals surface area (Å²) in [5, 5.41) is 5.75. The Labute approximate surface area is 161 Å². The summed E-state index contributed by atoms with van der Waals surface area (Å²) in [6, 6.07) is 5.54. The van der Waals surface area contributed by atoms with Gasteiger partial charge in [-0.3, -0.25) is 0 Å². The van der Waals surface area contributed by atoms with E-state index in [4.69, 9.17) is 21.8 Å². The second-order valence-electron chi connectivity index (χ2n) is 6.22. The summed E-state index contributed by atoms with van der Waals surface area (Å²) in [6.07, 6.45) is -0.176. The highest BCUT2D eigenvalue weighted by Crippen LogP contribution is 2.44. The van der Waals surface area contributed by atoms with Gasteiger partial charge < -0.3 is 15.5 Å². The normalized spacial score (nSPS) is 23.4. The number of pyridine rings is 1. The lowest BCUT2D eigenvalue weighted by molar-refractivity contribution is 0.334. The molecule has 25 heavy (non-hydrogen) atoms. The molecule has 3 N–H and O–H groups in total. The predicted octanol–water partition coefficient (Wildman–Crippen LogP) is 5.46. The van der Waals surface area contributed by atoms with Crippen LogP contribution in [0.2, 0.25) is 5.15 Å². The smallest absolute Gasteiger partial charge is 0.177 e. The van der Waals surface area contributed by atoms with Gasteiger partial charge in [-0.2, -0.15) is 0 Å². The first-order valence-corrected chi connectivity index (χ1v) is 10.0. The molecule has 0 radical (unpaired) electrons. The third-order valence-electron chi connectivity index (χ3n) is 4.50. The lowest BCUT2D eigenvalue weighted by Crippen LogP contribution is -2.22. The van der Waals surface area contributed by atoms with Crippen LogP contribution in [0, 0.1) is 0 Å². The van der Waals surface area contributed by atoms with E-state index in [0.717, 1.165) is 5.69 Å². The standard InChI is InChI=1S/C17H16BrClFN3OS/c18-14-15-17(24-16(14)10-4-8(20)5-11(10)21)12(6-13(19)23-15)22-7-9-2-1-3-25-9/h1-3,6,8,10-11H,4-5,7,21H2,(H,22,23)/t8-,10-,11-/m0/s1. The summed E-state index contributed by atoms with van der Waals surface area (Å²) in [5.41, 5.74) is 8.10. The third kappa shape index (κ3) is 3.30. The number of nitrogens with one attached hydrogen (secondary N) is 1. The minimum absolute atomic E-state index is 0.164. The molecule has 3 aromatic heterocycles. The molecule has 132 valence electrons. The van der Waals surface area contributed by atoms with Crippen LogP contribution in [0.1, 0.15) is 29.4 Å². The number of hydrogen-bond donors (Lipinski definition) is 2. The van der Waals surface area contributed by atoms with Gasteiger partial charge in [-0.15, -0.1) is 11.3 Å². The van der Waals surface area contributed by atoms with Gasteiger partial charge >= 0.3 is 0 Å². The monoisotopic (exact) mass is 443 g/mol. The number of anilines is 1. The molecule has 0 aliphatic heterocycles. The van der Waals surface area contributed by atoms with E-state index < -0.39 is 6.17 Å². The van der Waals surface area contributed by atoms with Gasteiger partial charge in [0.2, 0.25) is 0 Å². The number of nitrogens with two attached hydrogens (primary N) is 1. The van der Waals surface area contributed by atoms with Crippen molar-refractivity contribution in [2.75, 3.05) is 5.32 Å². The predicted molar refractivity (Wildman–Crippen MR) is 103 cm³/mol. The van der Waals surface area contributed by atoms with Crippen LogP contribution in [0.15, 0.2) is 32.5 Å². The largest absolute Gasteiger partial charge is 0.456 e. The van der Waals surface area contributed by atoms with Crippen LogP contribution < -0.4 is 11.1 Å². The Morgan fingerprint density at radius 2 is 2.32 bits per heavy atom. The fraction of sp³-hybridized carbons (Fsp3) is 0.353. The van der Waals surface area contributed by atoms with E-state index in [9.17, 15) is 4.39 Å². The van der Waals surface area contributed by atoms with Gasteiger partial charge in [0.1, 0.15) is 22.6 Å². The average Bonchev–Trinajstić information content (AvgIpc) is 3.26. The van der Waals surface area contributed by atoms with Crippen LogP contribution in [-0.4, -0.2) is 17.2 Å². The molecule has 4 rings (SSSR count). The molecule has 3 heterocycles. The van der Waals surface area contributed by atoms with Crippen molar-refractivity contribution in [3.05, 3.63) is 43.8 Å². The molecule has 4 nitrogen and oxygen atoms in total. The van der Waals surface area contributed by atoms with Crippen LogP contribution in [0.3, 0.4) is 0 Å². The summed E-state index contributed by atoms with van der Waals surface area (Å²) < 4.78 is 20.5. The average molecular weight is 445 g/mol. The van der Waals surface area contributed by atoms with Gasteiger partial charge in [-0.25, -0.2) is 9.37 Å². The van der Waals surface area contributed by atoms with Crippen molar-refractivity contribution >= 4 is 55.7 Å². The zero-order valence-electron chi connectivity index (χ0n) is 13.1. The number of rotatable bonds is 4. The number of hydrogen-bond acceptors (Lipinski definition) is 5. The van der Waals surface area contributed by atoms with Gasteiger partial charge in [-0.1, -0.05) is 17.7 Å². The Morgan fingerprint density at radius 3 is 3.00 bits per heavy atom. The molecule has 1 saturated carbocycles. The van der Waals surface area contributed by atoms with Gasteiger partial charge in [0.05, 0.1) is 10.2 Å². The summed E-state index contributed by atoms with van der Waals surface area (Å²) in [4.78, 5) is 5.57. The highest BCUT2D eigenvalue weighted by Gasteiger charge is 2.37. The molecule has 0 unspecified atom stereocenters. The van der Waals surface area contributed by atoms with Crippen LogP contribution in [0.5, 0.6) is 0 Å². The van der Waals surface area contributed by atoms with Crippen molar-refractivity contribution in [1.82, 2.24) is 4.98 Å². The highest BCUT2D eigenvalue weighted by atomic mass is 79.9. The van der Waals surface area contributed by atoms with Crippen molar-refractivity contribution < 1.29 is 8.81 Å². The first kappa shape index (κ1) is 17.3. The maximum absolute atomic E-state index is 13.7. The molecule has 0 spiro atoms. The van der Waals surface area contributed by atoms with E-state index in [1.807, 2.05) is 11.4 Å². The van der Waals surface area contributed by atoms with Crippen LogP contribution >= 0.6 is 38.9 Å². The van der Waals surface area contributed by atoms with Crippen LogP contribution in [-0.2, 0) is 6.54 Å². The molecule has 1 aliphatic carbocycles.